The van der Waals surface area contributed by atoms with Crippen LogP contribution in [0.25, 0.3) is 0 Å². The molecule has 1 aliphatic rings. The van der Waals surface area contributed by atoms with Gasteiger partial charge in [0.2, 0.25) is 9.05 Å². The highest BCUT2D eigenvalue weighted by molar-refractivity contribution is 8.14. The summed E-state index contributed by atoms with van der Waals surface area (Å²) in [5.41, 5.74) is 0.421. The third-order valence-electron chi connectivity index (χ3n) is 2.43. The van der Waals surface area contributed by atoms with Crippen LogP contribution in [0.1, 0.15) is 10.4 Å². The van der Waals surface area contributed by atoms with Crippen molar-refractivity contribution >= 4 is 25.7 Å². The van der Waals surface area contributed by atoms with Crippen molar-refractivity contribution in [1.82, 2.24) is 5.06 Å². The van der Waals surface area contributed by atoms with E-state index in [9.17, 15) is 13.2 Å². The molecule has 1 saturated heterocycles. The topological polar surface area (TPSA) is 63.7 Å². The normalized spacial score (nSPS) is 17.5. The van der Waals surface area contributed by atoms with E-state index >= 15 is 0 Å². The summed E-state index contributed by atoms with van der Waals surface area (Å²) in [6.45, 7) is 0.231. The molecule has 0 unspecified atom stereocenters. The molecule has 0 radical (unpaired) electrons. The predicted molar refractivity (Wildman–Crippen MR) is 62.0 cm³/mol. The molecule has 0 aliphatic carbocycles. The molecule has 17 heavy (non-hydrogen) atoms. The van der Waals surface area contributed by atoms with Crippen LogP contribution in [0.5, 0.6) is 0 Å². The van der Waals surface area contributed by atoms with Crippen LogP contribution in [0, 0.1) is 0 Å². The molecule has 1 heterocycles. The summed E-state index contributed by atoms with van der Waals surface area (Å²) < 4.78 is 21.8. The summed E-state index contributed by atoms with van der Waals surface area (Å²) in [5, 5.41) is 0.618. The van der Waals surface area contributed by atoms with Gasteiger partial charge in [0.1, 0.15) is 5.25 Å². The molecule has 0 atom stereocenters. The van der Waals surface area contributed by atoms with Gasteiger partial charge in [0.05, 0.1) is 18.7 Å². The largest absolute Gasteiger partial charge is 0.364 e. The van der Waals surface area contributed by atoms with Crippen molar-refractivity contribution in [2.24, 2.45) is 0 Å². The Balaban J connectivity index is 1.87. The Bertz CT molecular complexity index is 510. The Morgan fingerprint density at radius 1 is 1.29 bits per heavy atom. The van der Waals surface area contributed by atoms with E-state index in [-0.39, 0.29) is 13.1 Å². The van der Waals surface area contributed by atoms with E-state index in [1.165, 1.54) is 5.06 Å². The quantitative estimate of drug-likeness (QED) is 0.771. The van der Waals surface area contributed by atoms with Crippen LogP contribution in [0.2, 0.25) is 0 Å². The van der Waals surface area contributed by atoms with Gasteiger partial charge in [-0.1, -0.05) is 18.2 Å². The zero-order chi connectivity index (χ0) is 12.5. The van der Waals surface area contributed by atoms with E-state index < -0.39 is 20.3 Å². The fraction of sp³-hybridized carbons (Fsp3) is 0.300. The Labute approximate surface area is 103 Å². The average Bonchev–Trinajstić information content (AvgIpc) is 2.22. The lowest BCUT2D eigenvalue weighted by Gasteiger charge is -2.34. The maximum Gasteiger partial charge on any atom is 0.357 e. The molecular formula is C10H10ClNO4S. The number of hydroxylamine groups is 2. The monoisotopic (exact) mass is 275 g/mol. The van der Waals surface area contributed by atoms with Gasteiger partial charge in [0, 0.05) is 10.7 Å². The Kier molecular flexibility index (Phi) is 3.37. The first-order valence-electron chi connectivity index (χ1n) is 4.92. The highest BCUT2D eigenvalue weighted by Gasteiger charge is 2.38. The molecule has 5 nitrogen and oxygen atoms in total. The van der Waals surface area contributed by atoms with E-state index in [2.05, 4.69) is 0 Å². The number of nitrogens with zero attached hydrogens (tertiary/aromatic N) is 1. The van der Waals surface area contributed by atoms with Gasteiger partial charge in [-0.15, -0.1) is 5.06 Å². The van der Waals surface area contributed by atoms with Crippen LogP contribution in [0.15, 0.2) is 30.3 Å². The summed E-state index contributed by atoms with van der Waals surface area (Å²) in [7, 11) is 1.60. The summed E-state index contributed by atoms with van der Waals surface area (Å²) >= 11 is 0. The van der Waals surface area contributed by atoms with Crippen LogP contribution in [0.3, 0.4) is 0 Å². The summed E-state index contributed by atoms with van der Waals surface area (Å²) in [6.07, 6.45) is 0. The number of rotatable bonds is 3. The van der Waals surface area contributed by atoms with Gasteiger partial charge in [0.15, 0.2) is 0 Å². The molecule has 1 aromatic carbocycles. The summed E-state index contributed by atoms with van der Waals surface area (Å²) in [4.78, 5) is 16.5. The lowest BCUT2D eigenvalue weighted by Crippen LogP contribution is -2.53. The molecule has 0 N–H and O–H groups in total. The lowest BCUT2D eigenvalue weighted by molar-refractivity contribution is -0.145. The van der Waals surface area contributed by atoms with Gasteiger partial charge in [-0.2, -0.15) is 0 Å². The second-order valence-electron chi connectivity index (χ2n) is 3.69. The third kappa shape index (κ3) is 2.96. The fourth-order valence-electron chi connectivity index (χ4n) is 1.40. The first-order valence-corrected chi connectivity index (χ1v) is 7.30. The molecule has 1 aromatic rings. The van der Waals surface area contributed by atoms with Crippen molar-refractivity contribution in [2.45, 2.75) is 5.25 Å². The highest BCUT2D eigenvalue weighted by Crippen LogP contribution is 2.20. The summed E-state index contributed by atoms with van der Waals surface area (Å²) in [6, 6.07) is 8.48. The third-order valence-corrected chi connectivity index (χ3v) is 4.28. The Morgan fingerprint density at radius 2 is 1.88 bits per heavy atom. The van der Waals surface area contributed by atoms with Crippen molar-refractivity contribution in [2.75, 3.05) is 13.1 Å². The van der Waals surface area contributed by atoms with E-state index in [0.717, 1.165) is 0 Å². The second kappa shape index (κ2) is 4.64. The maximum atomic E-state index is 11.6. The minimum Gasteiger partial charge on any atom is -0.364 e. The minimum absolute atomic E-state index is 0.115. The van der Waals surface area contributed by atoms with E-state index in [0.29, 0.717) is 5.56 Å². The van der Waals surface area contributed by atoms with Crippen LogP contribution < -0.4 is 0 Å². The maximum absolute atomic E-state index is 11.6. The average molecular weight is 276 g/mol. The van der Waals surface area contributed by atoms with Gasteiger partial charge >= 0.3 is 5.97 Å². The van der Waals surface area contributed by atoms with Crippen LogP contribution >= 0.6 is 10.7 Å². The standard InChI is InChI=1S/C10H10ClNO4S/c11-17(14,15)9-6-12(7-9)16-10(13)8-4-2-1-3-5-8/h1-5,9H,6-7H2. The van der Waals surface area contributed by atoms with E-state index in [1.807, 2.05) is 0 Å². The molecule has 0 aromatic heterocycles. The summed E-state index contributed by atoms with van der Waals surface area (Å²) in [5.74, 6) is -0.504. The minimum atomic E-state index is -3.56. The van der Waals surface area contributed by atoms with Crippen LogP contribution in [-0.4, -0.2) is 37.8 Å². The first kappa shape index (κ1) is 12.3. The van der Waals surface area contributed by atoms with Crippen molar-refractivity contribution < 1.29 is 18.0 Å². The fourth-order valence-corrected chi connectivity index (χ4v) is 2.42. The first-order chi connectivity index (χ1) is 7.97. The van der Waals surface area contributed by atoms with Gasteiger partial charge in [0.25, 0.3) is 0 Å². The smallest absolute Gasteiger partial charge is 0.357 e. The van der Waals surface area contributed by atoms with Gasteiger partial charge in [-0.25, -0.2) is 13.2 Å². The number of benzene rings is 1. The molecule has 92 valence electrons. The van der Waals surface area contributed by atoms with Crippen molar-refractivity contribution in [3.05, 3.63) is 35.9 Å². The van der Waals surface area contributed by atoms with Crippen molar-refractivity contribution in [3.8, 4) is 0 Å². The van der Waals surface area contributed by atoms with Crippen LogP contribution in [0.4, 0.5) is 0 Å². The number of carbonyl (C=O) groups is 1. The van der Waals surface area contributed by atoms with Crippen LogP contribution in [-0.2, 0) is 13.9 Å². The second-order valence-corrected chi connectivity index (χ2v) is 6.60. The van der Waals surface area contributed by atoms with E-state index in [1.54, 1.807) is 30.3 Å². The number of halogens is 1. The molecule has 1 fully saturated rings. The number of hydrogen-bond acceptors (Lipinski definition) is 5. The molecule has 0 amide bonds. The van der Waals surface area contributed by atoms with E-state index in [4.69, 9.17) is 15.5 Å². The van der Waals surface area contributed by atoms with Gasteiger partial charge in [-0.05, 0) is 12.1 Å². The van der Waals surface area contributed by atoms with Gasteiger partial charge in [-0.3, -0.25) is 0 Å². The molecular weight excluding hydrogens is 266 g/mol. The SMILES string of the molecule is O=C(ON1CC(S(=O)(=O)Cl)C1)c1ccccc1. The number of hydrogen-bond donors (Lipinski definition) is 0. The van der Waals surface area contributed by atoms with Crippen molar-refractivity contribution in [1.29, 1.82) is 0 Å². The molecule has 0 bridgehead atoms. The lowest BCUT2D eigenvalue weighted by atomic mass is 10.2. The molecule has 7 heteroatoms. The molecule has 0 spiro atoms. The number of carbonyl (C=O) groups excluding carboxylic acids is 1. The van der Waals surface area contributed by atoms with Gasteiger partial charge < -0.3 is 4.84 Å². The zero-order valence-corrected chi connectivity index (χ0v) is 10.3. The predicted octanol–water partition coefficient (Wildman–Crippen LogP) is 1.01. The molecule has 0 saturated carbocycles. The highest BCUT2D eigenvalue weighted by atomic mass is 35.7. The zero-order valence-electron chi connectivity index (χ0n) is 8.74. The molecule has 1 aliphatic heterocycles. The molecule has 2 rings (SSSR count). The Morgan fingerprint density at radius 3 is 2.41 bits per heavy atom. The Hall–Kier alpha value is -1.11. The van der Waals surface area contributed by atoms with Crippen molar-refractivity contribution in [3.63, 3.8) is 0 Å².